The predicted octanol–water partition coefficient (Wildman–Crippen LogP) is 12.7. The molecule has 3 aromatic heterocycles. The van der Waals surface area contributed by atoms with Gasteiger partial charge in [-0.1, -0.05) is 143 Å². The molecular weight excluding hydrogens is 848 g/mol. The van der Waals surface area contributed by atoms with Gasteiger partial charge in [0.25, 0.3) is 0 Å². The fourth-order valence-electron chi connectivity index (χ4n) is 6.61. The largest absolute Gasteiger partial charge is 0.501 e. The summed E-state index contributed by atoms with van der Waals surface area (Å²) in [6.45, 7) is 22.1. The Morgan fingerprint density at radius 1 is 0.792 bits per heavy atom. The number of fused-ring (bicyclic) bond motifs is 3. The minimum Gasteiger partial charge on any atom is -0.501 e. The number of furan rings is 1. The number of pyridine rings is 2. The van der Waals surface area contributed by atoms with Crippen LogP contribution in [0.5, 0.6) is 0 Å². The molecule has 3 nitrogen and oxygen atoms in total. The van der Waals surface area contributed by atoms with Gasteiger partial charge in [-0.05, 0) is 64.0 Å². The SMILES string of the molecule is Cc1c[c-]c(-c2cc(C(C)C)c([Si](C)(C)C)cn2)cc1F.Cc1cnc(-c2[c-]ccc3c2oc2cc(-c4ccccc4)ccc23)cc1CC(C)(C)C.[Ir]. The molecule has 0 atom stereocenters. The molecule has 0 aliphatic heterocycles. The van der Waals surface area contributed by atoms with E-state index in [9.17, 15) is 4.39 Å². The van der Waals surface area contributed by atoms with Crippen molar-refractivity contribution in [2.24, 2.45) is 5.41 Å². The van der Waals surface area contributed by atoms with E-state index >= 15 is 0 Å². The van der Waals surface area contributed by atoms with E-state index in [0.29, 0.717) is 11.5 Å². The van der Waals surface area contributed by atoms with Crippen molar-refractivity contribution in [1.29, 1.82) is 0 Å². The van der Waals surface area contributed by atoms with E-state index in [0.717, 1.165) is 56.4 Å². The third-order valence-electron chi connectivity index (χ3n) is 9.47. The Balaban J connectivity index is 0.000000216. The van der Waals surface area contributed by atoms with Crippen molar-refractivity contribution in [2.45, 2.75) is 80.4 Å². The molecule has 1 radical (unpaired) electrons. The zero-order chi connectivity index (χ0) is 37.4. The maximum Gasteiger partial charge on any atom is 0.121 e. The summed E-state index contributed by atoms with van der Waals surface area (Å²) < 4.78 is 20.2. The molecule has 0 saturated heterocycles. The first kappa shape index (κ1) is 40.0. The third kappa shape index (κ3) is 9.12. The molecule has 0 fully saturated rings. The van der Waals surface area contributed by atoms with Crippen molar-refractivity contribution in [3.8, 4) is 33.6 Å². The van der Waals surface area contributed by atoms with Crippen LogP contribution in [0.2, 0.25) is 19.6 Å². The minimum absolute atomic E-state index is 0. The standard InChI is InChI=1S/C29H26NO.C18H23FNSi.Ir/c1-19-18-30-26(15-22(19)17-29(2,3)4)25-12-8-11-24-23-14-13-21(16-27(23)31-28(24)25)20-9-6-5-7-10-20;1-12(2)15-10-17(20-11-18(15)21(4,5)6)14-8-7-13(3)16(19)9-14;/h5-11,13-16,18H,17H2,1-4H3;7,9-12H,1-6H3;/q2*-1;. The first-order valence-electron chi connectivity index (χ1n) is 18.2. The molecule has 6 heteroatoms. The summed E-state index contributed by atoms with van der Waals surface area (Å²) in [4.78, 5) is 9.30. The number of hydrogen-bond donors (Lipinski definition) is 0. The van der Waals surface area contributed by atoms with Gasteiger partial charge in [0, 0.05) is 43.7 Å². The van der Waals surface area contributed by atoms with E-state index in [1.165, 1.54) is 33.5 Å². The van der Waals surface area contributed by atoms with Crippen LogP contribution in [0.25, 0.3) is 55.6 Å². The molecule has 7 rings (SSSR count). The maximum absolute atomic E-state index is 13.8. The van der Waals surface area contributed by atoms with E-state index in [4.69, 9.17) is 9.40 Å². The number of halogens is 1. The van der Waals surface area contributed by atoms with Gasteiger partial charge < -0.3 is 14.4 Å². The fourth-order valence-corrected chi connectivity index (χ4v) is 8.29. The topological polar surface area (TPSA) is 38.9 Å². The van der Waals surface area contributed by atoms with Crippen molar-refractivity contribution < 1.29 is 28.9 Å². The van der Waals surface area contributed by atoms with E-state index < -0.39 is 8.07 Å². The second-order valence-electron chi connectivity index (χ2n) is 16.4. The summed E-state index contributed by atoms with van der Waals surface area (Å²) in [6, 6.07) is 34.9. The summed E-state index contributed by atoms with van der Waals surface area (Å²) >= 11 is 0. The molecule has 0 spiro atoms. The van der Waals surface area contributed by atoms with Crippen molar-refractivity contribution in [2.75, 3.05) is 0 Å². The number of benzene rings is 4. The molecule has 0 N–H and O–H groups in total. The second-order valence-corrected chi connectivity index (χ2v) is 21.5. The molecule has 3 heterocycles. The smallest absolute Gasteiger partial charge is 0.121 e. The second kappa shape index (κ2) is 16.0. The third-order valence-corrected chi connectivity index (χ3v) is 11.5. The Bertz CT molecular complexity index is 2370. The van der Waals surface area contributed by atoms with Gasteiger partial charge in [0.1, 0.15) is 5.58 Å². The molecule has 275 valence electrons. The molecule has 0 amide bonds. The molecule has 0 saturated carbocycles. The van der Waals surface area contributed by atoms with Gasteiger partial charge in [-0.2, -0.15) is 0 Å². The van der Waals surface area contributed by atoms with E-state index in [-0.39, 0.29) is 31.3 Å². The Morgan fingerprint density at radius 2 is 1.51 bits per heavy atom. The first-order valence-corrected chi connectivity index (χ1v) is 21.7. The van der Waals surface area contributed by atoms with Gasteiger partial charge in [0.05, 0.1) is 13.7 Å². The summed E-state index contributed by atoms with van der Waals surface area (Å²) in [5.74, 6) is 0.231. The summed E-state index contributed by atoms with van der Waals surface area (Å²) in [5, 5.41) is 3.60. The number of nitrogens with zero attached hydrogens (tertiary/aromatic N) is 2. The van der Waals surface area contributed by atoms with E-state index in [1.54, 1.807) is 13.0 Å². The van der Waals surface area contributed by atoms with Gasteiger partial charge in [-0.3, -0.25) is 0 Å². The van der Waals surface area contributed by atoms with E-state index in [1.807, 2.05) is 24.5 Å². The molecule has 0 bridgehead atoms. The Hall–Kier alpha value is -4.22. The van der Waals surface area contributed by atoms with Crippen LogP contribution >= 0.6 is 0 Å². The maximum atomic E-state index is 13.8. The van der Waals surface area contributed by atoms with Gasteiger partial charge in [-0.25, -0.2) is 4.39 Å². The van der Waals surface area contributed by atoms with Crippen molar-refractivity contribution in [3.63, 3.8) is 0 Å². The average molecular weight is 897 g/mol. The van der Waals surface area contributed by atoms with Gasteiger partial charge >= 0.3 is 0 Å². The van der Waals surface area contributed by atoms with Crippen LogP contribution in [0.4, 0.5) is 4.39 Å². The molecule has 7 aromatic rings. The van der Waals surface area contributed by atoms with Crippen molar-refractivity contribution in [1.82, 2.24) is 9.97 Å². The van der Waals surface area contributed by atoms with Gasteiger partial charge in [0.15, 0.2) is 0 Å². The molecule has 4 aromatic carbocycles. The number of aryl methyl sites for hydroxylation is 2. The predicted molar refractivity (Wildman–Crippen MR) is 219 cm³/mol. The summed E-state index contributed by atoms with van der Waals surface area (Å²) in [7, 11) is -1.43. The zero-order valence-corrected chi connectivity index (χ0v) is 35.9. The van der Waals surface area contributed by atoms with Crippen LogP contribution in [-0.4, -0.2) is 18.0 Å². The molecular formula is C47H49FIrN2OSi-2. The quantitative estimate of drug-likeness (QED) is 0.123. The van der Waals surface area contributed by atoms with Crippen LogP contribution in [-0.2, 0) is 26.5 Å². The van der Waals surface area contributed by atoms with Gasteiger partial charge in [-0.15, -0.1) is 42.0 Å². The van der Waals surface area contributed by atoms with Crippen LogP contribution in [0.3, 0.4) is 0 Å². The van der Waals surface area contributed by atoms with Crippen LogP contribution < -0.4 is 5.19 Å². The van der Waals surface area contributed by atoms with Crippen molar-refractivity contribution >= 4 is 35.2 Å². The van der Waals surface area contributed by atoms with E-state index in [2.05, 4.69) is 139 Å². The summed E-state index contributed by atoms with van der Waals surface area (Å²) in [6.07, 6.45) is 4.96. The monoisotopic (exact) mass is 897 g/mol. The zero-order valence-electron chi connectivity index (χ0n) is 32.5. The average Bonchev–Trinajstić information content (AvgIpc) is 3.48. The Morgan fingerprint density at radius 3 is 2.17 bits per heavy atom. The number of rotatable bonds is 6. The van der Waals surface area contributed by atoms with Crippen molar-refractivity contribution in [3.05, 3.63) is 138 Å². The van der Waals surface area contributed by atoms with Crippen LogP contribution in [0.1, 0.15) is 62.8 Å². The molecule has 0 unspecified atom stereocenters. The first-order chi connectivity index (χ1) is 24.6. The Labute approximate surface area is 329 Å². The number of aromatic nitrogens is 2. The van der Waals surface area contributed by atoms with Gasteiger partial charge in [0.2, 0.25) is 0 Å². The minimum atomic E-state index is -1.43. The Kier molecular flexibility index (Phi) is 12.1. The van der Waals surface area contributed by atoms with Crippen LogP contribution in [0.15, 0.2) is 102 Å². The molecule has 0 aliphatic carbocycles. The molecule has 53 heavy (non-hydrogen) atoms. The number of hydrogen-bond acceptors (Lipinski definition) is 3. The summed E-state index contributed by atoms with van der Waals surface area (Å²) in [5.41, 5.74) is 12.1. The fraction of sp³-hybridized carbons (Fsp3) is 0.277. The normalized spacial score (nSPS) is 11.8. The van der Waals surface area contributed by atoms with Crippen LogP contribution in [0, 0.1) is 37.2 Å². The molecule has 0 aliphatic rings.